The first-order valence-corrected chi connectivity index (χ1v) is 14.3. The van der Waals surface area contributed by atoms with E-state index < -0.39 is 57.5 Å². The quantitative estimate of drug-likeness (QED) is 0.146. The third-order valence-electron chi connectivity index (χ3n) is 8.30. The lowest BCUT2D eigenvalue weighted by atomic mass is 10.0. The van der Waals surface area contributed by atoms with Crippen LogP contribution in [0.25, 0.3) is 10.9 Å². The largest absolute Gasteiger partial charge is 0.486 e. The van der Waals surface area contributed by atoms with E-state index in [0.29, 0.717) is 43.6 Å². The van der Waals surface area contributed by atoms with E-state index in [1.165, 1.54) is 19.4 Å². The number of nitro groups is 1. The molecule has 46 heavy (non-hydrogen) atoms. The van der Waals surface area contributed by atoms with Gasteiger partial charge in [0.05, 0.1) is 23.7 Å². The first-order valence-electron chi connectivity index (χ1n) is 14.3. The van der Waals surface area contributed by atoms with Gasteiger partial charge in [0.1, 0.15) is 6.61 Å². The Morgan fingerprint density at radius 3 is 2.67 bits per heavy atom. The second kappa shape index (κ2) is 12.2. The van der Waals surface area contributed by atoms with Crippen molar-refractivity contribution in [2.75, 3.05) is 31.7 Å². The Labute approximate surface area is 257 Å². The van der Waals surface area contributed by atoms with E-state index in [9.17, 15) is 36.9 Å². The Hall–Kier alpha value is -4.86. The molecule has 6 rings (SSSR count). The fourth-order valence-corrected chi connectivity index (χ4v) is 6.06. The van der Waals surface area contributed by atoms with Crippen LogP contribution in [0.15, 0.2) is 53.7 Å². The topological polar surface area (TPSA) is 116 Å². The summed E-state index contributed by atoms with van der Waals surface area (Å²) in [5, 5.41) is 10.7. The van der Waals surface area contributed by atoms with Crippen LogP contribution in [0.2, 0.25) is 0 Å². The van der Waals surface area contributed by atoms with Crippen molar-refractivity contribution in [1.29, 1.82) is 0 Å². The number of anilines is 1. The average molecular weight is 647 g/mol. The summed E-state index contributed by atoms with van der Waals surface area (Å²) in [6.07, 6.45) is 0.559. The van der Waals surface area contributed by atoms with Crippen molar-refractivity contribution in [3.63, 3.8) is 0 Å². The van der Waals surface area contributed by atoms with Gasteiger partial charge >= 0.3 is 12.0 Å². The Balaban J connectivity index is 1.41. The Morgan fingerprint density at radius 2 is 1.98 bits per heavy atom. The number of piperidine rings is 1. The van der Waals surface area contributed by atoms with Gasteiger partial charge < -0.3 is 29.1 Å². The normalized spacial score (nSPS) is 18.1. The molecule has 1 saturated heterocycles. The van der Waals surface area contributed by atoms with Crippen LogP contribution in [0.5, 0.6) is 11.6 Å². The van der Waals surface area contributed by atoms with E-state index >= 15 is 0 Å². The monoisotopic (exact) mass is 646 g/mol. The number of halogens is 5. The van der Waals surface area contributed by atoms with Crippen molar-refractivity contribution in [2.24, 2.45) is 0 Å². The maximum absolute atomic E-state index is 14.6. The molecule has 1 unspecified atom stereocenters. The molecule has 0 N–H and O–H groups in total. The lowest BCUT2D eigenvalue weighted by Crippen LogP contribution is -2.48. The predicted octanol–water partition coefficient (Wildman–Crippen LogP) is 5.15. The third-order valence-corrected chi connectivity index (χ3v) is 8.30. The minimum atomic E-state index is -4.81. The van der Waals surface area contributed by atoms with Crippen LogP contribution in [0.3, 0.4) is 0 Å². The van der Waals surface area contributed by atoms with Crippen LogP contribution >= 0.6 is 0 Å². The second-order valence-corrected chi connectivity index (χ2v) is 11.1. The molecule has 0 bridgehead atoms. The summed E-state index contributed by atoms with van der Waals surface area (Å²) in [5.74, 6) is -3.57. The molecule has 4 aromatic rings. The molecular weight excluding hydrogens is 619 g/mol. The molecule has 2 atom stereocenters. The lowest BCUT2D eigenvalue weighted by molar-refractivity contribution is -0.389. The number of hydrogen-bond acceptors (Lipinski definition) is 9. The highest BCUT2D eigenvalue weighted by atomic mass is 19.4. The van der Waals surface area contributed by atoms with Crippen molar-refractivity contribution in [1.82, 2.24) is 19.4 Å². The number of methoxy groups -OCH3 is 1. The van der Waals surface area contributed by atoms with Crippen molar-refractivity contribution >= 4 is 22.4 Å². The summed E-state index contributed by atoms with van der Waals surface area (Å²) in [5.41, 5.74) is 0.147. The van der Waals surface area contributed by atoms with E-state index in [0.717, 1.165) is 16.3 Å². The maximum Gasteiger partial charge on any atom is 0.412 e. The lowest BCUT2D eigenvalue weighted by Gasteiger charge is -2.40. The molecule has 0 amide bonds. The molecule has 0 saturated carbocycles. The molecule has 242 valence electrons. The molecule has 5 heterocycles. The number of nitrogens with zero attached hydrogens (tertiary/aromatic N) is 6. The highest BCUT2D eigenvalue weighted by molar-refractivity contribution is 5.86. The number of hydrogen-bond donors (Lipinski definition) is 0. The maximum atomic E-state index is 14.6. The summed E-state index contributed by atoms with van der Waals surface area (Å²) >= 11 is 0. The smallest absolute Gasteiger partial charge is 0.412 e. The standard InChI is InChI=1S/C30H27F5N6O5/c1-45-25-9-17(6-7-36-25)12-39(20-3-2-8-38(15-20)19-4-5-24(37-11-19)41(43)44)13-18-14-40-23(30(33,34)35)16-46-29-26(32)22(31)10-21(27(29)40)28(18)42/h4-7,9-11,14,20,23H,2-3,8,12-13,15-16H2,1H3/t20-,23?/m0/s1. The van der Waals surface area contributed by atoms with Crippen LogP contribution in [0, 0.1) is 21.7 Å². The highest BCUT2D eigenvalue weighted by Crippen LogP contribution is 2.41. The van der Waals surface area contributed by atoms with E-state index in [4.69, 9.17) is 9.47 Å². The molecule has 1 fully saturated rings. The van der Waals surface area contributed by atoms with Gasteiger partial charge in [0.15, 0.2) is 29.2 Å². The Morgan fingerprint density at radius 1 is 1.17 bits per heavy atom. The third kappa shape index (κ3) is 5.91. The van der Waals surface area contributed by atoms with Crippen molar-refractivity contribution in [3.8, 4) is 11.6 Å². The fourth-order valence-electron chi connectivity index (χ4n) is 6.06. The minimum Gasteiger partial charge on any atom is -0.486 e. The molecular formula is C30H27F5N6O5. The Kier molecular flexibility index (Phi) is 8.22. The SMILES string of the molecule is COc1cc(CN(Cc2cn3c4c(c(F)c(F)cc4c2=O)OCC3C(F)(F)F)[C@H]2CCCN(c3ccc([N+](=O)[O-])nc3)C2)ccn1. The van der Waals surface area contributed by atoms with Crippen LogP contribution in [0.1, 0.15) is 30.0 Å². The molecule has 0 aliphatic carbocycles. The number of alkyl halides is 3. The number of aromatic nitrogens is 3. The summed E-state index contributed by atoms with van der Waals surface area (Å²) in [4.78, 5) is 36.2. The van der Waals surface area contributed by atoms with Gasteiger partial charge in [-0.05, 0) is 46.5 Å². The van der Waals surface area contributed by atoms with Crippen molar-refractivity contribution < 1.29 is 36.3 Å². The zero-order chi connectivity index (χ0) is 32.7. The van der Waals surface area contributed by atoms with Gasteiger partial charge in [-0.2, -0.15) is 17.6 Å². The molecule has 1 aromatic carbocycles. The van der Waals surface area contributed by atoms with Gasteiger partial charge in [-0.3, -0.25) is 9.69 Å². The molecule has 2 aliphatic heterocycles. The van der Waals surface area contributed by atoms with Gasteiger partial charge in [0.25, 0.3) is 0 Å². The predicted molar refractivity (Wildman–Crippen MR) is 155 cm³/mol. The number of benzene rings is 1. The second-order valence-electron chi connectivity index (χ2n) is 11.1. The molecule has 2 aliphatic rings. The van der Waals surface area contributed by atoms with E-state index in [2.05, 4.69) is 9.97 Å². The van der Waals surface area contributed by atoms with Crippen molar-refractivity contribution in [3.05, 3.63) is 92.0 Å². The van der Waals surface area contributed by atoms with Gasteiger partial charge in [-0.15, -0.1) is 0 Å². The summed E-state index contributed by atoms with van der Waals surface area (Å²) < 4.78 is 82.7. The first-order chi connectivity index (χ1) is 21.9. The zero-order valence-corrected chi connectivity index (χ0v) is 24.3. The fraction of sp³-hybridized carbons (Fsp3) is 0.367. The molecule has 3 aromatic heterocycles. The van der Waals surface area contributed by atoms with Crippen molar-refractivity contribution in [2.45, 2.75) is 44.2 Å². The van der Waals surface area contributed by atoms with Gasteiger partial charge in [0, 0.05) is 62.3 Å². The summed E-state index contributed by atoms with van der Waals surface area (Å²) in [6, 6.07) is 4.47. The first kappa shape index (κ1) is 31.1. The number of pyridine rings is 3. The van der Waals surface area contributed by atoms with E-state index in [1.54, 1.807) is 24.4 Å². The summed E-state index contributed by atoms with van der Waals surface area (Å²) in [7, 11) is 1.46. The number of ether oxygens (including phenoxy) is 2. The van der Waals surface area contributed by atoms with Gasteiger partial charge in [-0.25, -0.2) is 9.37 Å². The summed E-state index contributed by atoms with van der Waals surface area (Å²) in [6.45, 7) is 0.150. The van der Waals surface area contributed by atoms with Crippen LogP contribution < -0.4 is 19.8 Å². The number of rotatable bonds is 8. The molecule has 0 radical (unpaired) electrons. The van der Waals surface area contributed by atoms with Crippen LogP contribution in [0.4, 0.5) is 33.5 Å². The minimum absolute atomic E-state index is 0.0456. The Bertz CT molecular complexity index is 1850. The average Bonchev–Trinajstić information content (AvgIpc) is 3.04. The van der Waals surface area contributed by atoms with Gasteiger partial charge in [0.2, 0.25) is 11.7 Å². The van der Waals surface area contributed by atoms with Crippen LogP contribution in [-0.2, 0) is 13.1 Å². The zero-order valence-electron chi connectivity index (χ0n) is 24.3. The molecule has 0 spiro atoms. The van der Waals surface area contributed by atoms with E-state index in [1.807, 2.05) is 9.80 Å². The highest BCUT2D eigenvalue weighted by Gasteiger charge is 2.45. The van der Waals surface area contributed by atoms with Gasteiger partial charge in [-0.1, -0.05) is 0 Å². The van der Waals surface area contributed by atoms with Crippen LogP contribution in [-0.4, -0.2) is 63.4 Å². The molecule has 16 heteroatoms. The molecule has 11 nitrogen and oxygen atoms in total. The van der Waals surface area contributed by atoms with E-state index in [-0.39, 0.29) is 30.5 Å².